The quantitative estimate of drug-likeness (QED) is 0.558. The van der Waals surface area contributed by atoms with Gasteiger partial charge in [0.15, 0.2) is 0 Å². The van der Waals surface area contributed by atoms with Gasteiger partial charge in [-0.05, 0) is 43.9 Å². The van der Waals surface area contributed by atoms with Crippen molar-refractivity contribution in [3.63, 3.8) is 0 Å². The second kappa shape index (κ2) is 6.96. The number of rotatable bonds is 4. The first-order chi connectivity index (χ1) is 11.6. The smallest absolute Gasteiger partial charge is 0.0795 e. The second-order valence-corrected chi connectivity index (χ2v) is 6.16. The standard InChI is InChI=1S/C22H24N2/c1-5-17-9-7-10-18(6-2)21(17)24-16(4)20-12-8-11-19-14-13-15(3)23-22(19)20/h7-14H,5-6H2,1-4H3. The molecule has 122 valence electrons. The van der Waals surface area contributed by atoms with E-state index in [1.165, 1.54) is 11.1 Å². The highest BCUT2D eigenvalue weighted by atomic mass is 14.8. The molecule has 0 atom stereocenters. The van der Waals surface area contributed by atoms with Crippen LogP contribution in [-0.2, 0) is 12.8 Å². The number of para-hydroxylation sites is 2. The highest BCUT2D eigenvalue weighted by Crippen LogP contribution is 2.28. The number of pyridine rings is 1. The topological polar surface area (TPSA) is 25.2 Å². The number of benzene rings is 2. The minimum atomic E-state index is 0.993. The summed E-state index contributed by atoms with van der Waals surface area (Å²) in [5.41, 5.74) is 7.94. The van der Waals surface area contributed by atoms with Gasteiger partial charge in [-0.1, -0.05) is 56.3 Å². The number of hydrogen-bond donors (Lipinski definition) is 0. The Morgan fingerprint density at radius 2 is 1.58 bits per heavy atom. The molecule has 0 N–H and O–H groups in total. The van der Waals surface area contributed by atoms with Crippen molar-refractivity contribution in [3.05, 3.63) is 70.9 Å². The molecule has 0 aliphatic heterocycles. The van der Waals surface area contributed by atoms with E-state index in [-0.39, 0.29) is 0 Å². The molecule has 1 heterocycles. The fourth-order valence-corrected chi connectivity index (χ4v) is 3.12. The molecule has 0 saturated carbocycles. The molecule has 0 amide bonds. The molecule has 0 spiro atoms. The highest BCUT2D eigenvalue weighted by Gasteiger charge is 2.09. The van der Waals surface area contributed by atoms with Crippen molar-refractivity contribution in [2.24, 2.45) is 4.99 Å². The van der Waals surface area contributed by atoms with Gasteiger partial charge in [-0.3, -0.25) is 9.98 Å². The molecule has 3 rings (SSSR count). The molecule has 0 bridgehead atoms. The number of fused-ring (bicyclic) bond motifs is 1. The Bertz CT molecular complexity index is 885. The van der Waals surface area contributed by atoms with Gasteiger partial charge in [0.05, 0.1) is 11.2 Å². The van der Waals surface area contributed by atoms with Crippen LogP contribution in [0.3, 0.4) is 0 Å². The van der Waals surface area contributed by atoms with Crippen LogP contribution in [0, 0.1) is 6.92 Å². The summed E-state index contributed by atoms with van der Waals surface area (Å²) in [5, 5.41) is 1.16. The van der Waals surface area contributed by atoms with Crippen LogP contribution >= 0.6 is 0 Å². The largest absolute Gasteiger partial charge is 0.252 e. The van der Waals surface area contributed by atoms with Crippen LogP contribution in [0.1, 0.15) is 43.2 Å². The molecule has 24 heavy (non-hydrogen) atoms. The van der Waals surface area contributed by atoms with Gasteiger partial charge in [0.25, 0.3) is 0 Å². The first-order valence-corrected chi connectivity index (χ1v) is 8.66. The van der Waals surface area contributed by atoms with E-state index < -0.39 is 0 Å². The minimum Gasteiger partial charge on any atom is -0.252 e. The zero-order chi connectivity index (χ0) is 17.1. The molecule has 2 heteroatoms. The van der Waals surface area contributed by atoms with Crippen molar-refractivity contribution < 1.29 is 0 Å². The minimum absolute atomic E-state index is 0.993. The third-order valence-electron chi connectivity index (χ3n) is 4.49. The lowest BCUT2D eigenvalue weighted by Gasteiger charge is -2.11. The predicted molar refractivity (Wildman–Crippen MR) is 104 cm³/mol. The van der Waals surface area contributed by atoms with E-state index in [0.717, 1.165) is 46.4 Å². The summed E-state index contributed by atoms with van der Waals surface area (Å²) in [6, 6.07) is 17.0. The molecule has 0 aliphatic carbocycles. The fraction of sp³-hybridized carbons (Fsp3) is 0.273. The summed E-state index contributed by atoms with van der Waals surface area (Å²) >= 11 is 0. The Morgan fingerprint density at radius 1 is 0.917 bits per heavy atom. The summed E-state index contributed by atoms with van der Waals surface area (Å²) in [4.78, 5) is 9.77. The van der Waals surface area contributed by atoms with E-state index in [0.29, 0.717) is 0 Å². The van der Waals surface area contributed by atoms with Crippen molar-refractivity contribution in [2.45, 2.75) is 40.5 Å². The number of aromatic nitrogens is 1. The molecule has 0 radical (unpaired) electrons. The molecule has 1 aromatic heterocycles. The lowest BCUT2D eigenvalue weighted by Crippen LogP contribution is -1.99. The van der Waals surface area contributed by atoms with Gasteiger partial charge in [-0.15, -0.1) is 0 Å². The van der Waals surface area contributed by atoms with E-state index in [1.54, 1.807) is 0 Å². The van der Waals surface area contributed by atoms with Crippen LogP contribution in [-0.4, -0.2) is 10.7 Å². The molecule has 2 nitrogen and oxygen atoms in total. The van der Waals surface area contributed by atoms with Gasteiger partial charge < -0.3 is 0 Å². The Kier molecular flexibility index (Phi) is 4.75. The second-order valence-electron chi connectivity index (χ2n) is 6.16. The zero-order valence-corrected chi connectivity index (χ0v) is 14.9. The van der Waals surface area contributed by atoms with Gasteiger partial charge in [-0.25, -0.2) is 0 Å². The number of nitrogens with zero attached hydrogens (tertiary/aromatic N) is 2. The summed E-state index contributed by atoms with van der Waals surface area (Å²) in [7, 11) is 0. The predicted octanol–water partition coefficient (Wildman–Crippen LogP) is 5.81. The number of aliphatic imine (C=N–C) groups is 1. The maximum absolute atomic E-state index is 5.03. The van der Waals surface area contributed by atoms with Crippen molar-refractivity contribution in [2.75, 3.05) is 0 Å². The SMILES string of the molecule is CCc1cccc(CC)c1N=C(C)c1cccc2ccc(C)nc12. The summed E-state index contributed by atoms with van der Waals surface area (Å²) < 4.78 is 0. The van der Waals surface area contributed by atoms with Crippen LogP contribution in [0.25, 0.3) is 10.9 Å². The molecule has 2 aromatic carbocycles. The lowest BCUT2D eigenvalue weighted by atomic mass is 10.0. The molecular weight excluding hydrogens is 292 g/mol. The fourth-order valence-electron chi connectivity index (χ4n) is 3.12. The third-order valence-corrected chi connectivity index (χ3v) is 4.49. The Labute approximate surface area is 144 Å². The average Bonchev–Trinajstić information content (AvgIpc) is 2.61. The first-order valence-electron chi connectivity index (χ1n) is 8.66. The van der Waals surface area contributed by atoms with E-state index in [1.807, 2.05) is 6.92 Å². The van der Waals surface area contributed by atoms with Gasteiger partial charge in [0, 0.05) is 22.4 Å². The molecule has 0 fully saturated rings. The van der Waals surface area contributed by atoms with Gasteiger partial charge in [0.1, 0.15) is 0 Å². The molecule has 0 unspecified atom stereocenters. The van der Waals surface area contributed by atoms with E-state index in [4.69, 9.17) is 9.98 Å². The van der Waals surface area contributed by atoms with Crippen LogP contribution in [0.4, 0.5) is 5.69 Å². The number of aryl methyl sites for hydroxylation is 3. The van der Waals surface area contributed by atoms with Crippen molar-refractivity contribution in [1.82, 2.24) is 4.98 Å². The van der Waals surface area contributed by atoms with Crippen LogP contribution in [0.5, 0.6) is 0 Å². The maximum atomic E-state index is 5.03. The monoisotopic (exact) mass is 316 g/mol. The highest BCUT2D eigenvalue weighted by molar-refractivity contribution is 6.09. The van der Waals surface area contributed by atoms with Crippen LogP contribution in [0.2, 0.25) is 0 Å². The summed E-state index contributed by atoms with van der Waals surface area (Å²) in [6.45, 7) is 8.49. The van der Waals surface area contributed by atoms with Crippen molar-refractivity contribution in [3.8, 4) is 0 Å². The zero-order valence-electron chi connectivity index (χ0n) is 14.9. The first kappa shape index (κ1) is 16.4. The maximum Gasteiger partial charge on any atom is 0.0795 e. The molecule has 3 aromatic rings. The third kappa shape index (κ3) is 3.09. The molecule has 0 saturated heterocycles. The normalized spacial score (nSPS) is 11.9. The summed E-state index contributed by atoms with van der Waals surface area (Å²) in [6.07, 6.45) is 1.99. The molecule has 0 aliphatic rings. The van der Waals surface area contributed by atoms with Gasteiger partial charge in [0.2, 0.25) is 0 Å². The average molecular weight is 316 g/mol. The van der Waals surface area contributed by atoms with Crippen LogP contribution < -0.4 is 0 Å². The van der Waals surface area contributed by atoms with Crippen LogP contribution in [0.15, 0.2) is 53.5 Å². The van der Waals surface area contributed by atoms with Crippen molar-refractivity contribution in [1.29, 1.82) is 0 Å². The molecular formula is C22H24N2. The van der Waals surface area contributed by atoms with Gasteiger partial charge >= 0.3 is 0 Å². The summed E-state index contributed by atoms with van der Waals surface area (Å²) in [5.74, 6) is 0. The Hall–Kier alpha value is -2.48. The van der Waals surface area contributed by atoms with E-state index in [2.05, 4.69) is 69.3 Å². The van der Waals surface area contributed by atoms with Gasteiger partial charge in [-0.2, -0.15) is 0 Å². The Balaban J connectivity index is 2.18. The lowest BCUT2D eigenvalue weighted by molar-refractivity contribution is 1.08. The number of hydrogen-bond acceptors (Lipinski definition) is 2. The Morgan fingerprint density at radius 3 is 2.25 bits per heavy atom. The van der Waals surface area contributed by atoms with Crippen molar-refractivity contribution >= 4 is 22.3 Å². The van der Waals surface area contributed by atoms with E-state index >= 15 is 0 Å². The van der Waals surface area contributed by atoms with E-state index in [9.17, 15) is 0 Å².